The van der Waals surface area contributed by atoms with Crippen LogP contribution in [0.3, 0.4) is 0 Å². The minimum Gasteiger partial charge on any atom is -0.316 e. The van der Waals surface area contributed by atoms with Crippen LogP contribution < -0.4 is 0 Å². The minimum absolute atomic E-state index is 0.0388. The monoisotopic (exact) mass is 410 g/mol. The summed E-state index contributed by atoms with van der Waals surface area (Å²) in [6.45, 7) is 6.50. The molecule has 0 bridgehead atoms. The van der Waals surface area contributed by atoms with Crippen molar-refractivity contribution in [3.63, 3.8) is 0 Å². The number of hydrogen-bond donors (Lipinski definition) is 0. The molecule has 0 spiro atoms. The van der Waals surface area contributed by atoms with E-state index >= 15 is 0 Å². The first-order valence-electron chi connectivity index (χ1n) is 7.73. The highest BCUT2D eigenvalue weighted by atomic mass is 35.5. The summed E-state index contributed by atoms with van der Waals surface area (Å²) in [5, 5.41) is 1.02. The van der Waals surface area contributed by atoms with Crippen molar-refractivity contribution in [2.24, 2.45) is 0 Å². The Labute approximate surface area is 166 Å². The van der Waals surface area contributed by atoms with Crippen molar-refractivity contribution in [3.8, 4) is 5.69 Å². The maximum Gasteiger partial charge on any atom is 0.266 e. The molecule has 0 saturated carbocycles. The predicted octanol–water partition coefficient (Wildman–Crippen LogP) is 5.62. The number of benzene rings is 1. The molecule has 3 nitrogen and oxygen atoms in total. The Morgan fingerprint density at radius 1 is 1.28 bits per heavy atom. The van der Waals surface area contributed by atoms with E-state index in [1.54, 1.807) is 11.0 Å². The van der Waals surface area contributed by atoms with E-state index in [-0.39, 0.29) is 5.91 Å². The molecule has 1 aromatic heterocycles. The normalized spacial score (nSPS) is 16.4. The zero-order valence-electron chi connectivity index (χ0n) is 14.0. The molecule has 130 valence electrons. The third-order valence-electron chi connectivity index (χ3n) is 4.12. The highest BCUT2D eigenvalue weighted by Gasteiger charge is 2.31. The second kappa shape index (κ2) is 7.16. The van der Waals surface area contributed by atoms with Gasteiger partial charge in [0.2, 0.25) is 0 Å². The molecule has 7 heteroatoms. The molecule has 3 rings (SSSR count). The lowest BCUT2D eigenvalue weighted by molar-refractivity contribution is -0.121. The highest BCUT2D eigenvalue weighted by Crippen LogP contribution is 2.35. The maximum absolute atomic E-state index is 12.4. The van der Waals surface area contributed by atoms with Crippen molar-refractivity contribution in [2.45, 2.75) is 20.8 Å². The number of thioether (sulfide) groups is 1. The van der Waals surface area contributed by atoms with E-state index in [2.05, 4.69) is 0 Å². The number of rotatable bonds is 3. The Morgan fingerprint density at radius 3 is 2.64 bits per heavy atom. The van der Waals surface area contributed by atoms with Crippen molar-refractivity contribution < 1.29 is 4.79 Å². The fourth-order valence-electron chi connectivity index (χ4n) is 2.88. The van der Waals surface area contributed by atoms with E-state index < -0.39 is 0 Å². The second-order valence-corrected chi connectivity index (χ2v) is 8.12. The SMILES string of the molecule is CCN1C(=O)C(=Cc2cc(C)n(-c3cccc(Cl)c3Cl)c2C)SC1=S. The van der Waals surface area contributed by atoms with Gasteiger partial charge in [-0.25, -0.2) is 0 Å². The number of thiocarbonyl (C=S) groups is 1. The van der Waals surface area contributed by atoms with Crippen molar-refractivity contribution >= 4 is 63.5 Å². The predicted molar refractivity (Wildman–Crippen MR) is 111 cm³/mol. The van der Waals surface area contributed by atoms with E-state index in [0.29, 0.717) is 25.8 Å². The molecule has 1 aromatic carbocycles. The van der Waals surface area contributed by atoms with Gasteiger partial charge in [-0.2, -0.15) is 0 Å². The van der Waals surface area contributed by atoms with Gasteiger partial charge in [-0.3, -0.25) is 9.69 Å². The van der Waals surface area contributed by atoms with Crippen LogP contribution in [0.25, 0.3) is 11.8 Å². The summed E-state index contributed by atoms with van der Waals surface area (Å²) in [5.41, 5.74) is 3.79. The van der Waals surface area contributed by atoms with Crippen LogP contribution in [-0.2, 0) is 4.79 Å². The molecule has 25 heavy (non-hydrogen) atoms. The molecular weight excluding hydrogens is 395 g/mol. The average molecular weight is 411 g/mol. The summed E-state index contributed by atoms with van der Waals surface area (Å²) in [7, 11) is 0. The molecule has 1 fully saturated rings. The zero-order valence-corrected chi connectivity index (χ0v) is 17.1. The van der Waals surface area contributed by atoms with Gasteiger partial charge in [0.05, 0.1) is 20.6 Å². The summed E-state index contributed by atoms with van der Waals surface area (Å²) in [5.74, 6) is -0.0388. The molecule has 1 saturated heterocycles. The van der Waals surface area contributed by atoms with E-state index in [4.69, 9.17) is 35.4 Å². The quantitative estimate of drug-likeness (QED) is 0.484. The van der Waals surface area contributed by atoms with Crippen LogP contribution in [0.2, 0.25) is 10.0 Å². The highest BCUT2D eigenvalue weighted by molar-refractivity contribution is 8.26. The third kappa shape index (κ3) is 3.26. The topological polar surface area (TPSA) is 25.2 Å². The lowest BCUT2D eigenvalue weighted by Crippen LogP contribution is -2.27. The number of carbonyl (C=O) groups is 1. The van der Waals surface area contributed by atoms with Gasteiger partial charge in [0.15, 0.2) is 0 Å². The Balaban J connectivity index is 2.07. The van der Waals surface area contributed by atoms with Crippen LogP contribution in [0.4, 0.5) is 0 Å². The van der Waals surface area contributed by atoms with Gasteiger partial charge in [-0.05, 0) is 50.6 Å². The van der Waals surface area contributed by atoms with Crippen molar-refractivity contribution in [3.05, 3.63) is 56.2 Å². The van der Waals surface area contributed by atoms with E-state index in [1.807, 2.05) is 49.6 Å². The molecule has 2 aromatic rings. The van der Waals surface area contributed by atoms with E-state index in [1.165, 1.54) is 11.8 Å². The van der Waals surface area contributed by atoms with Crippen molar-refractivity contribution in [1.29, 1.82) is 0 Å². The molecule has 0 radical (unpaired) electrons. The van der Waals surface area contributed by atoms with E-state index in [9.17, 15) is 4.79 Å². The standard InChI is InChI=1S/C18H16Cl2N2OS2/c1-4-21-17(23)15(25-18(21)24)9-12-8-10(2)22(11(12)3)14-7-5-6-13(19)16(14)20/h5-9H,4H2,1-3H3. The second-order valence-electron chi connectivity index (χ2n) is 5.66. The zero-order chi connectivity index (χ0) is 18.3. The number of halogens is 2. The molecule has 2 heterocycles. The maximum atomic E-state index is 12.4. The van der Waals surface area contributed by atoms with Crippen LogP contribution in [0.1, 0.15) is 23.9 Å². The molecule has 0 N–H and O–H groups in total. The molecule has 0 unspecified atom stereocenters. The van der Waals surface area contributed by atoms with Crippen molar-refractivity contribution in [2.75, 3.05) is 6.54 Å². The van der Waals surface area contributed by atoms with Gasteiger partial charge < -0.3 is 4.57 Å². The summed E-state index contributed by atoms with van der Waals surface area (Å²) in [6, 6.07) is 7.59. The Morgan fingerprint density at radius 2 is 2.00 bits per heavy atom. The van der Waals surface area contributed by atoms with Crippen LogP contribution in [-0.4, -0.2) is 26.2 Å². The Hall–Kier alpha value is -1.27. The molecule has 1 aliphatic heterocycles. The number of amides is 1. The van der Waals surface area contributed by atoms with E-state index in [0.717, 1.165) is 22.6 Å². The van der Waals surface area contributed by atoms with Crippen LogP contribution in [0, 0.1) is 13.8 Å². The van der Waals surface area contributed by atoms with Gasteiger partial charge in [-0.1, -0.05) is 53.2 Å². The summed E-state index contributed by atoms with van der Waals surface area (Å²) in [4.78, 5) is 14.7. The average Bonchev–Trinajstić information content (AvgIpc) is 2.99. The van der Waals surface area contributed by atoms with Gasteiger partial charge in [0.1, 0.15) is 4.32 Å². The first-order valence-corrected chi connectivity index (χ1v) is 9.72. The number of nitrogens with zero attached hydrogens (tertiary/aromatic N) is 2. The Bertz CT molecular complexity index is 918. The van der Waals surface area contributed by atoms with Gasteiger partial charge >= 0.3 is 0 Å². The minimum atomic E-state index is -0.0388. The van der Waals surface area contributed by atoms with Crippen LogP contribution >= 0.6 is 47.2 Å². The Kier molecular flexibility index (Phi) is 5.30. The molecule has 1 aliphatic rings. The lowest BCUT2D eigenvalue weighted by atomic mass is 10.2. The summed E-state index contributed by atoms with van der Waals surface area (Å²) in [6.07, 6.45) is 1.90. The number of carbonyl (C=O) groups excluding carboxylic acids is 1. The summed E-state index contributed by atoms with van der Waals surface area (Å²) >= 11 is 19.1. The van der Waals surface area contributed by atoms with Gasteiger partial charge in [0.25, 0.3) is 5.91 Å². The van der Waals surface area contributed by atoms with Gasteiger partial charge in [-0.15, -0.1) is 0 Å². The molecular formula is C18H16Cl2N2OS2. The number of aryl methyl sites for hydroxylation is 1. The van der Waals surface area contributed by atoms with Crippen LogP contribution in [0.15, 0.2) is 29.2 Å². The molecule has 1 amide bonds. The first kappa shape index (κ1) is 18.5. The third-order valence-corrected chi connectivity index (χ3v) is 6.31. The smallest absolute Gasteiger partial charge is 0.266 e. The summed E-state index contributed by atoms with van der Waals surface area (Å²) < 4.78 is 2.64. The number of likely N-dealkylation sites (N-methyl/N-ethyl adjacent to an activating group) is 1. The number of hydrogen-bond acceptors (Lipinski definition) is 3. The largest absolute Gasteiger partial charge is 0.316 e. The first-order chi connectivity index (χ1) is 11.8. The number of aromatic nitrogens is 1. The fourth-order valence-corrected chi connectivity index (χ4v) is 4.64. The van der Waals surface area contributed by atoms with Crippen molar-refractivity contribution in [1.82, 2.24) is 9.47 Å². The molecule has 0 atom stereocenters. The van der Waals surface area contributed by atoms with Crippen LogP contribution in [0.5, 0.6) is 0 Å². The fraction of sp³-hybridized carbons (Fsp3) is 0.222. The lowest BCUT2D eigenvalue weighted by Gasteiger charge is -2.12. The molecule has 0 aliphatic carbocycles. The van der Waals surface area contributed by atoms with Gasteiger partial charge in [0, 0.05) is 17.9 Å².